The molecule has 2 aromatic carbocycles. The van der Waals surface area contributed by atoms with Crippen LogP contribution in [0.1, 0.15) is 22.5 Å². The number of aromatic amines is 2. The number of benzene rings is 2. The van der Waals surface area contributed by atoms with Crippen LogP contribution in [0, 0.1) is 24.6 Å². The van der Waals surface area contributed by atoms with E-state index in [2.05, 4.69) is 32.0 Å². The zero-order chi connectivity index (χ0) is 18.1. The summed E-state index contributed by atoms with van der Waals surface area (Å²) >= 11 is 0. The molecule has 4 aromatic rings. The predicted molar refractivity (Wildman–Crippen MR) is 96.7 cm³/mol. The van der Waals surface area contributed by atoms with Crippen molar-refractivity contribution in [3.05, 3.63) is 70.9 Å². The molecule has 6 heteroatoms. The van der Waals surface area contributed by atoms with Gasteiger partial charge in [0.05, 0.1) is 24.0 Å². The number of H-pyrrole nitrogens is 2. The molecule has 4 rings (SSSR count). The number of nitrogens with one attached hydrogen (secondary N) is 2. The second kappa shape index (κ2) is 6.47. The van der Waals surface area contributed by atoms with Gasteiger partial charge in [-0.1, -0.05) is 5.92 Å². The van der Waals surface area contributed by atoms with E-state index in [9.17, 15) is 9.50 Å². The van der Waals surface area contributed by atoms with Crippen LogP contribution in [0.5, 0.6) is 0 Å². The Labute approximate surface area is 148 Å². The molecular formula is C20H15FN4O. The highest BCUT2D eigenvalue weighted by molar-refractivity contribution is 5.89. The van der Waals surface area contributed by atoms with E-state index in [1.807, 2.05) is 19.1 Å². The second-order valence-corrected chi connectivity index (χ2v) is 5.95. The molecule has 0 bridgehead atoms. The Bertz CT molecular complexity index is 1150. The smallest absolute Gasteiger partial charge is 0.137 e. The van der Waals surface area contributed by atoms with Crippen LogP contribution in [-0.2, 0) is 6.61 Å². The van der Waals surface area contributed by atoms with Gasteiger partial charge >= 0.3 is 0 Å². The first-order valence-corrected chi connectivity index (χ1v) is 8.05. The van der Waals surface area contributed by atoms with Crippen molar-refractivity contribution in [2.75, 3.05) is 0 Å². The monoisotopic (exact) mass is 346 g/mol. The Morgan fingerprint density at radius 1 is 1.15 bits per heavy atom. The minimum absolute atomic E-state index is 0.0889. The van der Waals surface area contributed by atoms with Gasteiger partial charge in [-0.3, -0.25) is 5.10 Å². The molecule has 0 atom stereocenters. The highest BCUT2D eigenvalue weighted by Gasteiger charge is 2.11. The van der Waals surface area contributed by atoms with Gasteiger partial charge in [-0.2, -0.15) is 5.10 Å². The molecule has 26 heavy (non-hydrogen) atoms. The summed E-state index contributed by atoms with van der Waals surface area (Å²) in [4.78, 5) is 7.42. The predicted octanol–water partition coefficient (Wildman–Crippen LogP) is 3.29. The van der Waals surface area contributed by atoms with Gasteiger partial charge in [-0.15, -0.1) is 0 Å². The van der Waals surface area contributed by atoms with E-state index in [-0.39, 0.29) is 12.4 Å². The van der Waals surface area contributed by atoms with Crippen molar-refractivity contribution in [2.45, 2.75) is 13.5 Å². The van der Waals surface area contributed by atoms with Crippen molar-refractivity contribution in [1.29, 1.82) is 0 Å². The average molecular weight is 346 g/mol. The lowest BCUT2D eigenvalue weighted by atomic mass is 10.0. The Balaban J connectivity index is 1.77. The number of rotatable bonds is 2. The summed E-state index contributed by atoms with van der Waals surface area (Å²) < 4.78 is 13.0. The van der Waals surface area contributed by atoms with E-state index in [1.165, 1.54) is 12.1 Å². The van der Waals surface area contributed by atoms with Crippen molar-refractivity contribution >= 4 is 10.9 Å². The number of hydrogen-bond acceptors (Lipinski definition) is 3. The van der Waals surface area contributed by atoms with Gasteiger partial charge in [0.2, 0.25) is 0 Å². The van der Waals surface area contributed by atoms with Crippen molar-refractivity contribution in [2.24, 2.45) is 0 Å². The van der Waals surface area contributed by atoms with Crippen molar-refractivity contribution in [3.8, 4) is 23.2 Å². The third-order valence-electron chi connectivity index (χ3n) is 4.13. The summed E-state index contributed by atoms with van der Waals surface area (Å²) in [5.41, 5.74) is 4.80. The largest absolute Gasteiger partial charge is 0.390 e. The van der Waals surface area contributed by atoms with Crippen LogP contribution in [0.4, 0.5) is 4.39 Å². The Morgan fingerprint density at radius 3 is 2.69 bits per heavy atom. The highest BCUT2D eigenvalue weighted by atomic mass is 19.1. The zero-order valence-electron chi connectivity index (χ0n) is 14.0. The van der Waals surface area contributed by atoms with E-state index >= 15 is 0 Å². The summed E-state index contributed by atoms with van der Waals surface area (Å²) in [6.45, 7) is 1.89. The number of hydrogen-bond donors (Lipinski definition) is 3. The summed E-state index contributed by atoms with van der Waals surface area (Å²) in [5.74, 6) is 6.46. The first kappa shape index (κ1) is 16.1. The summed E-state index contributed by atoms with van der Waals surface area (Å²) in [6.07, 6.45) is 1.61. The summed E-state index contributed by atoms with van der Waals surface area (Å²) in [5, 5.41) is 17.3. The molecule has 0 amide bonds. The molecule has 2 aromatic heterocycles. The Morgan fingerprint density at radius 2 is 1.96 bits per heavy atom. The molecule has 3 N–H and O–H groups in total. The lowest BCUT2D eigenvalue weighted by molar-refractivity contribution is 0.277. The topological polar surface area (TPSA) is 77.6 Å². The Hall–Kier alpha value is -3.43. The van der Waals surface area contributed by atoms with Crippen molar-refractivity contribution < 1.29 is 9.50 Å². The normalized spacial score (nSPS) is 10.7. The number of aliphatic hydroxyl groups is 1. The molecule has 0 aliphatic carbocycles. The van der Waals surface area contributed by atoms with Gasteiger partial charge in [0.25, 0.3) is 0 Å². The Kier molecular flexibility index (Phi) is 3.99. The van der Waals surface area contributed by atoms with Crippen LogP contribution >= 0.6 is 0 Å². The van der Waals surface area contributed by atoms with E-state index in [0.29, 0.717) is 17.2 Å². The molecule has 0 saturated carbocycles. The third kappa shape index (κ3) is 2.96. The van der Waals surface area contributed by atoms with Crippen LogP contribution < -0.4 is 0 Å². The highest BCUT2D eigenvalue weighted by Crippen LogP contribution is 2.27. The van der Waals surface area contributed by atoms with E-state index < -0.39 is 0 Å². The van der Waals surface area contributed by atoms with Gasteiger partial charge in [0.15, 0.2) is 0 Å². The number of aliphatic hydroxyl groups excluding tert-OH is 1. The first-order valence-electron chi connectivity index (χ1n) is 8.05. The van der Waals surface area contributed by atoms with Gasteiger partial charge < -0.3 is 10.1 Å². The minimum atomic E-state index is -0.289. The fourth-order valence-corrected chi connectivity index (χ4v) is 2.76. The fraction of sp³-hybridized carbons (Fsp3) is 0.100. The maximum Gasteiger partial charge on any atom is 0.137 e. The number of aryl methyl sites for hydroxylation is 1. The van der Waals surface area contributed by atoms with E-state index in [0.717, 1.165) is 27.6 Å². The molecule has 0 aliphatic rings. The quantitative estimate of drug-likeness (QED) is 0.487. The number of fused-ring (bicyclic) bond motifs is 1. The van der Waals surface area contributed by atoms with Crippen molar-refractivity contribution in [3.63, 3.8) is 0 Å². The van der Waals surface area contributed by atoms with Crippen LogP contribution in [0.2, 0.25) is 0 Å². The second-order valence-electron chi connectivity index (χ2n) is 5.95. The number of aromatic nitrogens is 4. The molecule has 0 aliphatic heterocycles. The molecular weight excluding hydrogens is 331 g/mol. The van der Waals surface area contributed by atoms with Gasteiger partial charge in [-0.05, 0) is 54.8 Å². The van der Waals surface area contributed by atoms with Crippen LogP contribution in [0.25, 0.3) is 22.3 Å². The summed E-state index contributed by atoms with van der Waals surface area (Å²) in [6, 6.07) is 9.97. The van der Waals surface area contributed by atoms with Crippen molar-refractivity contribution in [1.82, 2.24) is 20.2 Å². The number of imidazole rings is 1. The van der Waals surface area contributed by atoms with E-state index in [4.69, 9.17) is 0 Å². The minimum Gasteiger partial charge on any atom is -0.390 e. The van der Waals surface area contributed by atoms with Gasteiger partial charge in [0.1, 0.15) is 17.3 Å². The third-order valence-corrected chi connectivity index (χ3v) is 4.13. The molecule has 2 heterocycles. The standard InChI is InChI=1S/C20H15FN4O/c1-12-8-19-17(9-16(12)20-22-10-15(11-26)23-20)18(24-25-19)7-4-13-2-5-14(21)6-3-13/h2-3,5-6,8-10,26H,11H2,1H3,(H,22,23)(H,24,25). The lowest BCUT2D eigenvalue weighted by Gasteiger charge is -2.03. The number of nitrogens with zero attached hydrogens (tertiary/aromatic N) is 2. The van der Waals surface area contributed by atoms with Crippen LogP contribution in [0.15, 0.2) is 42.6 Å². The SMILES string of the molecule is Cc1cc2n[nH]c(C#Cc3ccc(F)cc3)c2cc1-c1ncc(CO)[nH]1. The van der Waals surface area contributed by atoms with Crippen LogP contribution in [0.3, 0.4) is 0 Å². The maximum atomic E-state index is 13.0. The lowest BCUT2D eigenvalue weighted by Crippen LogP contribution is -1.88. The van der Waals surface area contributed by atoms with Gasteiger partial charge in [-0.25, -0.2) is 9.37 Å². The molecule has 128 valence electrons. The molecule has 0 fully saturated rings. The fourth-order valence-electron chi connectivity index (χ4n) is 2.76. The summed E-state index contributed by atoms with van der Waals surface area (Å²) in [7, 11) is 0. The molecule has 0 saturated heterocycles. The van der Waals surface area contributed by atoms with Crippen LogP contribution in [-0.4, -0.2) is 25.3 Å². The zero-order valence-corrected chi connectivity index (χ0v) is 14.0. The van der Waals surface area contributed by atoms with Gasteiger partial charge in [0, 0.05) is 16.5 Å². The first-order chi connectivity index (χ1) is 12.6. The maximum absolute atomic E-state index is 13.0. The number of halogens is 1. The molecule has 5 nitrogen and oxygen atoms in total. The molecule has 0 spiro atoms. The molecule has 0 radical (unpaired) electrons. The van der Waals surface area contributed by atoms with E-state index in [1.54, 1.807) is 18.3 Å². The molecule has 0 unspecified atom stereocenters. The average Bonchev–Trinajstić information content (AvgIpc) is 3.27.